The molecule has 3 atom stereocenters. The molecule has 0 radical (unpaired) electrons. The van der Waals surface area contributed by atoms with Crippen molar-refractivity contribution in [1.82, 2.24) is 19.2 Å². The van der Waals surface area contributed by atoms with E-state index in [-0.39, 0.29) is 16.8 Å². The van der Waals surface area contributed by atoms with E-state index >= 15 is 0 Å². The molecule has 0 aliphatic heterocycles. The Morgan fingerprint density at radius 1 is 1.23 bits per heavy atom. The van der Waals surface area contributed by atoms with Gasteiger partial charge >= 0.3 is 0 Å². The van der Waals surface area contributed by atoms with Gasteiger partial charge in [-0.3, -0.25) is 4.79 Å². The molecule has 3 rings (SSSR count). The Morgan fingerprint density at radius 3 is 2.61 bits per heavy atom. The summed E-state index contributed by atoms with van der Waals surface area (Å²) < 4.78 is 29.0. The van der Waals surface area contributed by atoms with Crippen molar-refractivity contribution in [2.45, 2.75) is 70.7 Å². The summed E-state index contributed by atoms with van der Waals surface area (Å²) in [4.78, 5) is 17.5. The lowest BCUT2D eigenvalue weighted by Crippen LogP contribution is -2.43. The minimum atomic E-state index is -3.53. The minimum absolute atomic E-state index is 0.0582. The number of hydrogen-bond acceptors (Lipinski definition) is 4. The van der Waals surface area contributed by atoms with E-state index in [9.17, 15) is 13.2 Å². The third-order valence-corrected chi connectivity index (χ3v) is 8.96. The van der Waals surface area contributed by atoms with E-state index < -0.39 is 10.0 Å². The van der Waals surface area contributed by atoms with Crippen LogP contribution in [0.4, 0.5) is 0 Å². The van der Waals surface area contributed by atoms with Crippen molar-refractivity contribution in [1.29, 1.82) is 0 Å². The van der Waals surface area contributed by atoms with Crippen LogP contribution in [0.25, 0.3) is 11.0 Å². The number of rotatable bonds is 8. The van der Waals surface area contributed by atoms with Crippen molar-refractivity contribution in [2.75, 3.05) is 13.1 Å². The largest absolute Gasteiger partial charge is 0.353 e. The molecule has 7 nitrogen and oxygen atoms in total. The molecule has 1 aromatic heterocycles. The van der Waals surface area contributed by atoms with E-state index in [0.717, 1.165) is 17.8 Å². The molecule has 0 bridgehead atoms. The maximum Gasteiger partial charge on any atom is 0.243 e. The Kier molecular flexibility index (Phi) is 7.42. The fourth-order valence-corrected chi connectivity index (χ4v) is 6.09. The molecule has 1 aliphatic carbocycles. The van der Waals surface area contributed by atoms with Crippen LogP contribution in [-0.2, 0) is 28.3 Å². The zero-order chi connectivity index (χ0) is 22.8. The Morgan fingerprint density at radius 2 is 1.94 bits per heavy atom. The Bertz CT molecular complexity index is 1030. The molecule has 8 heteroatoms. The highest BCUT2D eigenvalue weighted by molar-refractivity contribution is 7.89. The van der Waals surface area contributed by atoms with Gasteiger partial charge < -0.3 is 9.88 Å². The normalized spacial score (nSPS) is 22.2. The van der Waals surface area contributed by atoms with Crippen LogP contribution in [0.2, 0.25) is 0 Å². The third-order valence-electron chi connectivity index (χ3n) is 6.92. The van der Waals surface area contributed by atoms with Crippen LogP contribution in [0.3, 0.4) is 0 Å². The Balaban J connectivity index is 1.72. The number of fused-ring (bicyclic) bond motifs is 1. The second-order valence-corrected chi connectivity index (χ2v) is 10.7. The molecule has 1 fully saturated rings. The average Bonchev–Trinajstić information content (AvgIpc) is 3.05. The Hall–Kier alpha value is -1.93. The molecule has 1 saturated carbocycles. The lowest BCUT2D eigenvalue weighted by molar-refractivity contribution is -0.122. The number of nitrogens with zero attached hydrogens (tertiary/aromatic N) is 3. The number of aryl methyl sites for hydroxylation is 2. The van der Waals surface area contributed by atoms with Crippen LogP contribution in [0.1, 0.15) is 59.2 Å². The van der Waals surface area contributed by atoms with Crippen LogP contribution in [0.5, 0.6) is 0 Å². The number of imidazole rings is 1. The van der Waals surface area contributed by atoms with Gasteiger partial charge in [-0.1, -0.05) is 40.5 Å². The summed E-state index contributed by atoms with van der Waals surface area (Å²) in [7, 11) is -1.62. The van der Waals surface area contributed by atoms with E-state index in [1.165, 1.54) is 17.1 Å². The average molecular weight is 449 g/mol. The molecule has 2 aromatic rings. The van der Waals surface area contributed by atoms with Gasteiger partial charge in [-0.2, -0.15) is 4.31 Å². The maximum absolute atomic E-state index is 12.8. The highest BCUT2D eigenvalue weighted by atomic mass is 32.2. The first-order valence-electron chi connectivity index (χ1n) is 11.4. The summed E-state index contributed by atoms with van der Waals surface area (Å²) in [5.74, 6) is 1.98. The van der Waals surface area contributed by atoms with Crippen molar-refractivity contribution in [3.63, 3.8) is 0 Å². The van der Waals surface area contributed by atoms with Gasteiger partial charge in [0.1, 0.15) is 5.82 Å². The van der Waals surface area contributed by atoms with E-state index in [1.807, 2.05) is 25.5 Å². The lowest BCUT2D eigenvalue weighted by Gasteiger charge is -2.34. The van der Waals surface area contributed by atoms with Gasteiger partial charge in [0.25, 0.3) is 0 Å². The van der Waals surface area contributed by atoms with E-state index in [2.05, 4.69) is 24.1 Å². The monoisotopic (exact) mass is 448 g/mol. The number of carbonyl (C=O) groups excluding carboxylic acids is 1. The van der Waals surface area contributed by atoms with Crippen molar-refractivity contribution in [2.24, 2.45) is 18.9 Å². The summed E-state index contributed by atoms with van der Waals surface area (Å²) in [6.07, 6.45) is 4.35. The number of amides is 1. The van der Waals surface area contributed by atoms with E-state index in [0.29, 0.717) is 43.3 Å². The van der Waals surface area contributed by atoms with Gasteiger partial charge in [-0.15, -0.1) is 0 Å². The summed E-state index contributed by atoms with van der Waals surface area (Å²) in [5, 5.41) is 3.22. The van der Waals surface area contributed by atoms with Crippen LogP contribution in [0.15, 0.2) is 23.1 Å². The van der Waals surface area contributed by atoms with Gasteiger partial charge in [0, 0.05) is 39.0 Å². The van der Waals surface area contributed by atoms with E-state index in [4.69, 9.17) is 0 Å². The van der Waals surface area contributed by atoms with E-state index in [1.54, 1.807) is 18.2 Å². The van der Waals surface area contributed by atoms with Crippen molar-refractivity contribution in [3.05, 3.63) is 24.0 Å². The molecular weight excluding hydrogens is 412 g/mol. The molecule has 1 aliphatic rings. The number of sulfonamides is 1. The molecule has 1 amide bonds. The number of hydrogen-bond donors (Lipinski definition) is 1. The summed E-state index contributed by atoms with van der Waals surface area (Å²) in [6, 6.07) is 5.33. The molecule has 172 valence electrons. The first-order chi connectivity index (χ1) is 14.7. The van der Waals surface area contributed by atoms with Crippen LogP contribution >= 0.6 is 0 Å². The number of nitrogens with one attached hydrogen (secondary N) is 1. The SMILES string of the molecule is CCN(CC)S(=O)(=O)c1ccc2c(c1)nc(CCC(=O)NC1CCCC(C)C1C)n2C. The summed E-state index contributed by atoms with van der Waals surface area (Å²) >= 11 is 0. The standard InChI is InChI=1S/C23H36N4O3S/c1-6-27(7-2)31(29,30)18-11-12-21-20(15-18)24-22(26(21)5)13-14-23(28)25-19-10-8-9-16(3)17(19)4/h11-12,15-17,19H,6-10,13-14H2,1-5H3,(H,25,28). The van der Waals surface area contributed by atoms with Gasteiger partial charge in [0.15, 0.2) is 0 Å². The second-order valence-electron chi connectivity index (χ2n) is 8.77. The fraction of sp³-hybridized carbons (Fsp3) is 0.652. The second kappa shape index (κ2) is 9.69. The van der Waals surface area contributed by atoms with Gasteiger partial charge in [-0.25, -0.2) is 13.4 Å². The number of benzene rings is 1. The smallest absolute Gasteiger partial charge is 0.243 e. The predicted molar refractivity (Wildman–Crippen MR) is 123 cm³/mol. The summed E-state index contributed by atoms with van der Waals surface area (Å²) in [6.45, 7) is 9.01. The minimum Gasteiger partial charge on any atom is -0.353 e. The molecule has 0 saturated heterocycles. The summed E-state index contributed by atoms with van der Waals surface area (Å²) in [5.41, 5.74) is 1.50. The zero-order valence-electron chi connectivity index (χ0n) is 19.4. The molecule has 1 aromatic carbocycles. The van der Waals surface area contributed by atoms with Crippen molar-refractivity contribution >= 4 is 27.0 Å². The fourth-order valence-electron chi connectivity index (χ4n) is 4.62. The predicted octanol–water partition coefficient (Wildman–Crippen LogP) is 3.48. The number of carbonyl (C=O) groups is 1. The first-order valence-corrected chi connectivity index (χ1v) is 12.9. The molecule has 31 heavy (non-hydrogen) atoms. The molecule has 3 unspecified atom stereocenters. The van der Waals surface area contributed by atoms with Gasteiger partial charge in [0.05, 0.1) is 15.9 Å². The third kappa shape index (κ3) is 4.95. The number of aromatic nitrogens is 2. The molecule has 1 N–H and O–H groups in total. The first kappa shape index (κ1) is 23.7. The van der Waals surface area contributed by atoms with Crippen LogP contribution in [-0.4, -0.2) is 47.3 Å². The highest BCUT2D eigenvalue weighted by Gasteiger charge is 2.28. The van der Waals surface area contributed by atoms with Gasteiger partial charge in [0.2, 0.25) is 15.9 Å². The Labute approximate surface area is 186 Å². The van der Waals surface area contributed by atoms with Crippen LogP contribution in [0, 0.1) is 11.8 Å². The van der Waals surface area contributed by atoms with Crippen molar-refractivity contribution in [3.8, 4) is 0 Å². The zero-order valence-corrected chi connectivity index (χ0v) is 20.2. The van der Waals surface area contributed by atoms with Crippen LogP contribution < -0.4 is 5.32 Å². The quantitative estimate of drug-likeness (QED) is 0.670. The lowest BCUT2D eigenvalue weighted by atomic mass is 9.78. The van der Waals surface area contributed by atoms with Gasteiger partial charge in [-0.05, 0) is 36.5 Å². The molecular formula is C23H36N4O3S. The van der Waals surface area contributed by atoms with Crippen molar-refractivity contribution < 1.29 is 13.2 Å². The maximum atomic E-state index is 12.8. The topological polar surface area (TPSA) is 84.3 Å². The molecule has 0 spiro atoms. The highest BCUT2D eigenvalue weighted by Crippen LogP contribution is 2.29. The molecule has 1 heterocycles.